The highest BCUT2D eigenvalue weighted by molar-refractivity contribution is 6.47. The molecule has 1 aromatic carbocycles. The minimum Gasteiger partial charge on any atom is -0.391 e. The topological polar surface area (TPSA) is 99.5 Å². The third-order valence-corrected chi connectivity index (χ3v) is 5.01. The second-order valence-electron chi connectivity index (χ2n) is 7.01. The quantitative estimate of drug-likeness (QED) is 0.703. The van der Waals surface area contributed by atoms with Gasteiger partial charge in [-0.2, -0.15) is 0 Å². The smallest absolute Gasteiger partial charge is 0.270 e. The molecule has 2 heterocycles. The van der Waals surface area contributed by atoms with Crippen molar-refractivity contribution in [2.24, 2.45) is 4.99 Å². The Hall–Kier alpha value is -3.01. The molecular formula is C19H18F3N5O2. The molecule has 1 fully saturated rings. The van der Waals surface area contributed by atoms with Crippen molar-refractivity contribution >= 4 is 17.4 Å². The molecule has 4 rings (SSSR count). The van der Waals surface area contributed by atoms with E-state index in [0.717, 1.165) is 18.2 Å². The fraction of sp³-hybridized carbons (Fsp3) is 0.368. The molecule has 1 saturated carbocycles. The number of halogens is 3. The molecule has 1 aliphatic heterocycles. The van der Waals surface area contributed by atoms with E-state index in [-0.39, 0.29) is 43.0 Å². The van der Waals surface area contributed by atoms with Crippen molar-refractivity contribution in [1.82, 2.24) is 15.3 Å². The largest absolute Gasteiger partial charge is 0.391 e. The fourth-order valence-electron chi connectivity index (χ4n) is 3.54. The predicted octanol–water partition coefficient (Wildman–Crippen LogP) is 1.65. The zero-order valence-electron chi connectivity index (χ0n) is 15.2. The Morgan fingerprint density at radius 1 is 1.24 bits per heavy atom. The van der Waals surface area contributed by atoms with Gasteiger partial charge in [-0.05, 0) is 18.2 Å². The first-order chi connectivity index (χ1) is 13.9. The Morgan fingerprint density at radius 2 is 2.07 bits per heavy atom. The number of aliphatic imine (C=N–C) groups is 1. The number of hydrogen-bond acceptors (Lipinski definition) is 6. The molecule has 0 spiro atoms. The molecule has 1 aromatic heterocycles. The first-order valence-electron chi connectivity index (χ1n) is 9.12. The van der Waals surface area contributed by atoms with Crippen LogP contribution >= 0.6 is 0 Å². The van der Waals surface area contributed by atoms with Crippen LogP contribution in [-0.2, 0) is 17.9 Å². The summed E-state index contributed by atoms with van der Waals surface area (Å²) < 4.78 is 40.6. The van der Waals surface area contributed by atoms with E-state index in [0.29, 0.717) is 11.3 Å². The van der Waals surface area contributed by atoms with E-state index in [1.807, 2.05) is 0 Å². The molecule has 0 unspecified atom stereocenters. The van der Waals surface area contributed by atoms with Gasteiger partial charge in [0.15, 0.2) is 0 Å². The number of benzene rings is 1. The van der Waals surface area contributed by atoms with Gasteiger partial charge in [0.25, 0.3) is 5.91 Å². The molecule has 7 nitrogen and oxygen atoms in total. The van der Waals surface area contributed by atoms with Crippen LogP contribution in [0, 0.1) is 11.6 Å². The van der Waals surface area contributed by atoms with Gasteiger partial charge in [-0.3, -0.25) is 9.79 Å². The second-order valence-corrected chi connectivity index (χ2v) is 7.01. The van der Waals surface area contributed by atoms with Crippen LogP contribution in [0.4, 0.5) is 19.0 Å². The predicted molar refractivity (Wildman–Crippen MR) is 98.0 cm³/mol. The van der Waals surface area contributed by atoms with Crippen LogP contribution in [0.1, 0.15) is 29.7 Å². The average molecular weight is 405 g/mol. The molecule has 3 atom stereocenters. The number of aliphatic hydroxyl groups excluding tert-OH is 1. The Labute approximate surface area is 164 Å². The van der Waals surface area contributed by atoms with Crippen molar-refractivity contribution in [3.05, 3.63) is 53.0 Å². The van der Waals surface area contributed by atoms with Crippen LogP contribution in [0.25, 0.3) is 0 Å². The van der Waals surface area contributed by atoms with Gasteiger partial charge >= 0.3 is 0 Å². The van der Waals surface area contributed by atoms with E-state index in [1.165, 1.54) is 6.33 Å². The first-order valence-corrected chi connectivity index (χ1v) is 9.12. The Balaban J connectivity index is 1.51. The van der Waals surface area contributed by atoms with Gasteiger partial charge in [0.05, 0.1) is 29.9 Å². The fourth-order valence-corrected chi connectivity index (χ4v) is 3.54. The van der Waals surface area contributed by atoms with Crippen molar-refractivity contribution in [3.63, 3.8) is 0 Å². The molecular weight excluding hydrogens is 387 g/mol. The summed E-state index contributed by atoms with van der Waals surface area (Å²) in [4.78, 5) is 25.1. The first kappa shape index (κ1) is 19.3. The van der Waals surface area contributed by atoms with Crippen LogP contribution in [-0.4, -0.2) is 45.0 Å². The maximum Gasteiger partial charge on any atom is 0.270 e. The summed E-state index contributed by atoms with van der Waals surface area (Å²) in [5.41, 5.74) is 0.917. The molecule has 1 amide bonds. The molecule has 0 radical (unpaired) electrons. The third kappa shape index (κ3) is 3.93. The van der Waals surface area contributed by atoms with Crippen LogP contribution in [0.2, 0.25) is 0 Å². The highest BCUT2D eigenvalue weighted by Gasteiger charge is 2.35. The summed E-state index contributed by atoms with van der Waals surface area (Å²) in [7, 11) is 0. The standard InChI is InChI=1S/C19H18F3N5O2/c20-10-1-2-12(22)9(3-10)6-24-19(29)17-16-14(7-23-17)25-8-26-18(16)27-13-4-11(21)5-15(13)28/h1-3,8,11,13,15,28H,4-7H2,(H,24,29)(H,25,26,27)/t11-,13+,15+/m1/s1. The monoisotopic (exact) mass is 405 g/mol. The van der Waals surface area contributed by atoms with E-state index < -0.39 is 35.9 Å². The second kappa shape index (κ2) is 7.78. The summed E-state index contributed by atoms with van der Waals surface area (Å²) in [6.45, 7) is -0.0688. The molecule has 2 aliphatic rings. The number of nitrogens with zero attached hydrogens (tertiary/aromatic N) is 3. The molecule has 0 saturated heterocycles. The number of aromatic nitrogens is 2. The number of alkyl halides is 1. The summed E-state index contributed by atoms with van der Waals surface area (Å²) in [6, 6.07) is 2.44. The van der Waals surface area contributed by atoms with E-state index in [4.69, 9.17) is 0 Å². The average Bonchev–Trinajstić information content (AvgIpc) is 3.26. The Bertz CT molecular complexity index is 984. The zero-order valence-corrected chi connectivity index (χ0v) is 15.2. The number of aliphatic hydroxyl groups is 1. The molecule has 10 heteroatoms. The number of hydrogen-bond donors (Lipinski definition) is 3. The van der Waals surface area contributed by atoms with Crippen molar-refractivity contribution in [1.29, 1.82) is 0 Å². The van der Waals surface area contributed by atoms with Gasteiger partial charge in [-0.15, -0.1) is 0 Å². The number of nitrogens with one attached hydrogen (secondary N) is 2. The highest BCUT2D eigenvalue weighted by atomic mass is 19.1. The van der Waals surface area contributed by atoms with Crippen LogP contribution < -0.4 is 10.6 Å². The summed E-state index contributed by atoms with van der Waals surface area (Å²) in [5, 5.41) is 15.5. The van der Waals surface area contributed by atoms with Crippen molar-refractivity contribution < 1.29 is 23.1 Å². The Kier molecular flexibility index (Phi) is 5.18. The summed E-state index contributed by atoms with van der Waals surface area (Å²) >= 11 is 0. The number of carbonyl (C=O) groups is 1. The number of carbonyl (C=O) groups excluding carboxylic acids is 1. The van der Waals surface area contributed by atoms with E-state index in [1.54, 1.807) is 0 Å². The lowest BCUT2D eigenvalue weighted by molar-refractivity contribution is -0.114. The number of amides is 1. The van der Waals surface area contributed by atoms with E-state index >= 15 is 0 Å². The number of anilines is 1. The maximum atomic E-state index is 13.8. The molecule has 0 bridgehead atoms. The van der Waals surface area contributed by atoms with Crippen molar-refractivity contribution in [2.75, 3.05) is 5.32 Å². The molecule has 3 N–H and O–H groups in total. The normalized spacial score (nSPS) is 22.9. The zero-order chi connectivity index (χ0) is 20.5. The Morgan fingerprint density at radius 3 is 2.83 bits per heavy atom. The molecule has 2 aromatic rings. The van der Waals surface area contributed by atoms with Crippen LogP contribution in [0.5, 0.6) is 0 Å². The van der Waals surface area contributed by atoms with Gasteiger partial charge in [-0.25, -0.2) is 23.1 Å². The number of rotatable bonds is 5. The van der Waals surface area contributed by atoms with Gasteiger partial charge in [0.1, 0.15) is 35.7 Å². The maximum absolute atomic E-state index is 13.8. The van der Waals surface area contributed by atoms with Gasteiger partial charge < -0.3 is 15.7 Å². The third-order valence-electron chi connectivity index (χ3n) is 5.01. The number of fused-ring (bicyclic) bond motifs is 1. The van der Waals surface area contributed by atoms with Crippen molar-refractivity contribution in [2.45, 2.75) is 44.2 Å². The van der Waals surface area contributed by atoms with E-state index in [2.05, 4.69) is 25.6 Å². The lowest BCUT2D eigenvalue weighted by Gasteiger charge is -2.19. The molecule has 152 valence electrons. The molecule has 1 aliphatic carbocycles. The minimum absolute atomic E-state index is 0.00268. The summed E-state index contributed by atoms with van der Waals surface area (Å²) in [5.74, 6) is -1.57. The minimum atomic E-state index is -1.12. The lowest BCUT2D eigenvalue weighted by atomic mass is 10.1. The van der Waals surface area contributed by atoms with Gasteiger partial charge in [0, 0.05) is 24.9 Å². The van der Waals surface area contributed by atoms with Gasteiger partial charge in [0.2, 0.25) is 0 Å². The highest BCUT2D eigenvalue weighted by Crippen LogP contribution is 2.29. The SMILES string of the molecule is O=C(NCc1cc(F)ccc1F)C1=NCc2ncnc(N[C@H]3C[C@@H](F)C[C@@H]3O)c21. The summed E-state index contributed by atoms with van der Waals surface area (Å²) in [6.07, 6.45) is -0.533. The van der Waals surface area contributed by atoms with E-state index in [9.17, 15) is 23.1 Å². The van der Waals surface area contributed by atoms with Crippen LogP contribution in [0.15, 0.2) is 29.5 Å². The molecule has 29 heavy (non-hydrogen) atoms. The van der Waals surface area contributed by atoms with Crippen molar-refractivity contribution in [3.8, 4) is 0 Å². The van der Waals surface area contributed by atoms with Crippen LogP contribution in [0.3, 0.4) is 0 Å². The lowest BCUT2D eigenvalue weighted by Crippen LogP contribution is -2.33. The van der Waals surface area contributed by atoms with Gasteiger partial charge in [-0.1, -0.05) is 0 Å².